The van der Waals surface area contributed by atoms with E-state index in [0.29, 0.717) is 6.04 Å². The van der Waals surface area contributed by atoms with Crippen molar-refractivity contribution in [3.63, 3.8) is 0 Å². The van der Waals surface area contributed by atoms with Crippen LogP contribution >= 0.6 is 0 Å². The second kappa shape index (κ2) is 6.18. The first kappa shape index (κ1) is 13.3. The maximum Gasteiger partial charge on any atom is 0.159 e. The van der Waals surface area contributed by atoms with Crippen molar-refractivity contribution in [1.82, 2.24) is 10.2 Å². The van der Waals surface area contributed by atoms with Gasteiger partial charge in [-0.25, -0.2) is 0 Å². The third-order valence-electron chi connectivity index (χ3n) is 4.19. The van der Waals surface area contributed by atoms with Gasteiger partial charge in [0.25, 0.3) is 0 Å². The number of benzene rings is 1. The summed E-state index contributed by atoms with van der Waals surface area (Å²) >= 11 is 0. The summed E-state index contributed by atoms with van der Waals surface area (Å²) in [5.74, 6) is 1.03. The first-order chi connectivity index (χ1) is 9.90. The van der Waals surface area contributed by atoms with E-state index < -0.39 is 0 Å². The molecule has 0 saturated heterocycles. The van der Waals surface area contributed by atoms with Gasteiger partial charge in [-0.15, -0.1) is 5.10 Å². The highest BCUT2D eigenvalue weighted by molar-refractivity contribution is 5.91. The molecule has 3 rings (SSSR count). The fourth-order valence-corrected chi connectivity index (χ4v) is 3.16. The van der Waals surface area contributed by atoms with Crippen LogP contribution in [0.5, 0.6) is 0 Å². The van der Waals surface area contributed by atoms with Crippen LogP contribution in [0.1, 0.15) is 32.1 Å². The van der Waals surface area contributed by atoms with Gasteiger partial charge in [0.1, 0.15) is 0 Å². The number of rotatable bonds is 5. The van der Waals surface area contributed by atoms with Crippen LogP contribution in [-0.2, 0) is 0 Å². The third kappa shape index (κ3) is 2.61. The molecule has 1 aromatic carbocycles. The lowest BCUT2D eigenvalue weighted by Gasteiger charge is -2.30. The zero-order valence-electron chi connectivity index (χ0n) is 11.8. The van der Waals surface area contributed by atoms with Gasteiger partial charge >= 0.3 is 0 Å². The van der Waals surface area contributed by atoms with E-state index in [4.69, 9.17) is 5.73 Å². The molecule has 0 amide bonds. The molecule has 1 aliphatic rings. The van der Waals surface area contributed by atoms with Crippen molar-refractivity contribution in [3.8, 4) is 0 Å². The number of hydrogen-bond acceptors (Lipinski definition) is 4. The Morgan fingerprint density at radius 2 is 2.00 bits per heavy atom. The number of nitrogens with two attached hydrogens (primary N) is 1. The molecule has 20 heavy (non-hydrogen) atoms. The molecule has 1 heterocycles. The molecule has 2 N–H and O–H groups in total. The lowest BCUT2D eigenvalue weighted by Crippen LogP contribution is -2.36. The third-order valence-corrected chi connectivity index (χ3v) is 4.19. The number of aromatic nitrogens is 2. The molecule has 1 fully saturated rings. The van der Waals surface area contributed by atoms with E-state index in [0.717, 1.165) is 30.7 Å². The summed E-state index contributed by atoms with van der Waals surface area (Å²) in [5, 5.41) is 11.0. The number of fused-ring (bicyclic) bond motifs is 1. The van der Waals surface area contributed by atoms with E-state index in [2.05, 4.69) is 33.3 Å². The van der Waals surface area contributed by atoms with Crippen LogP contribution in [0.15, 0.2) is 30.5 Å². The number of hydrogen-bond donors (Lipinski definition) is 1. The molecular weight excluding hydrogens is 248 g/mol. The Hall–Kier alpha value is -1.68. The molecule has 1 aliphatic carbocycles. The molecule has 0 bridgehead atoms. The average molecular weight is 270 g/mol. The maximum atomic E-state index is 5.70. The number of nitrogens with zero attached hydrogens (tertiary/aromatic N) is 3. The molecule has 0 aliphatic heterocycles. The van der Waals surface area contributed by atoms with Gasteiger partial charge in [-0.1, -0.05) is 37.1 Å². The standard InChI is InChI=1S/C16H22N4/c17-10-5-11-20(14-7-2-3-8-14)16-15-9-4-1-6-13(15)12-18-19-16/h1,4,6,9,12,14H,2-3,5,7-8,10-11,17H2. The molecular formula is C16H22N4. The fraction of sp³-hybridized carbons (Fsp3) is 0.500. The highest BCUT2D eigenvalue weighted by Gasteiger charge is 2.24. The highest BCUT2D eigenvalue weighted by Crippen LogP contribution is 2.31. The Morgan fingerprint density at radius 1 is 1.20 bits per heavy atom. The van der Waals surface area contributed by atoms with Gasteiger partial charge in [0.15, 0.2) is 5.82 Å². The SMILES string of the molecule is NCCCN(c1nncc2ccccc12)C1CCCC1. The predicted molar refractivity (Wildman–Crippen MR) is 82.8 cm³/mol. The zero-order valence-corrected chi connectivity index (χ0v) is 11.8. The molecule has 1 aromatic heterocycles. The maximum absolute atomic E-state index is 5.70. The summed E-state index contributed by atoms with van der Waals surface area (Å²) in [4.78, 5) is 2.44. The molecule has 2 aromatic rings. The summed E-state index contributed by atoms with van der Waals surface area (Å²) < 4.78 is 0. The Balaban J connectivity index is 1.99. The average Bonchev–Trinajstić information content (AvgIpc) is 3.02. The van der Waals surface area contributed by atoms with E-state index in [1.807, 2.05) is 12.3 Å². The predicted octanol–water partition coefficient (Wildman–Crippen LogP) is 2.73. The molecule has 4 heteroatoms. The minimum absolute atomic E-state index is 0.599. The van der Waals surface area contributed by atoms with Crippen LogP contribution in [0.2, 0.25) is 0 Å². The van der Waals surface area contributed by atoms with Crippen LogP contribution in [0.4, 0.5) is 5.82 Å². The van der Waals surface area contributed by atoms with Crippen LogP contribution in [-0.4, -0.2) is 29.3 Å². The van der Waals surface area contributed by atoms with Crippen molar-refractivity contribution in [1.29, 1.82) is 0 Å². The zero-order chi connectivity index (χ0) is 13.8. The quantitative estimate of drug-likeness (QED) is 0.907. The molecule has 0 atom stereocenters. The van der Waals surface area contributed by atoms with Gasteiger partial charge < -0.3 is 10.6 Å². The van der Waals surface area contributed by atoms with Crippen molar-refractivity contribution in [2.24, 2.45) is 5.73 Å². The van der Waals surface area contributed by atoms with Crippen molar-refractivity contribution in [3.05, 3.63) is 30.5 Å². The summed E-state index contributed by atoms with van der Waals surface area (Å²) in [6.07, 6.45) is 8.00. The van der Waals surface area contributed by atoms with Crippen molar-refractivity contribution < 1.29 is 0 Å². The summed E-state index contributed by atoms with van der Waals surface area (Å²) in [7, 11) is 0. The van der Waals surface area contributed by atoms with Crippen molar-refractivity contribution >= 4 is 16.6 Å². The second-order valence-corrected chi connectivity index (χ2v) is 5.53. The number of anilines is 1. The van der Waals surface area contributed by atoms with Crippen LogP contribution in [0, 0.1) is 0 Å². The van der Waals surface area contributed by atoms with Crippen LogP contribution in [0.3, 0.4) is 0 Å². The summed E-state index contributed by atoms with van der Waals surface area (Å²) in [5.41, 5.74) is 5.70. The Morgan fingerprint density at radius 3 is 2.80 bits per heavy atom. The highest BCUT2D eigenvalue weighted by atomic mass is 15.3. The van der Waals surface area contributed by atoms with E-state index in [1.165, 1.54) is 31.1 Å². The van der Waals surface area contributed by atoms with Gasteiger partial charge in [-0.2, -0.15) is 5.10 Å². The van der Waals surface area contributed by atoms with E-state index in [1.54, 1.807) is 0 Å². The van der Waals surface area contributed by atoms with Crippen LogP contribution in [0.25, 0.3) is 10.8 Å². The first-order valence-electron chi connectivity index (χ1n) is 7.57. The first-order valence-corrected chi connectivity index (χ1v) is 7.57. The van der Waals surface area contributed by atoms with Gasteiger partial charge in [0.2, 0.25) is 0 Å². The van der Waals surface area contributed by atoms with Crippen molar-refractivity contribution in [2.75, 3.05) is 18.0 Å². The van der Waals surface area contributed by atoms with E-state index >= 15 is 0 Å². The van der Waals surface area contributed by atoms with Crippen LogP contribution < -0.4 is 10.6 Å². The Bertz CT molecular complexity index is 558. The minimum Gasteiger partial charge on any atom is -0.352 e. The largest absolute Gasteiger partial charge is 0.352 e. The molecule has 0 radical (unpaired) electrons. The fourth-order valence-electron chi connectivity index (χ4n) is 3.16. The molecule has 0 unspecified atom stereocenters. The van der Waals surface area contributed by atoms with E-state index in [9.17, 15) is 0 Å². The normalized spacial score (nSPS) is 15.8. The molecule has 4 nitrogen and oxygen atoms in total. The monoisotopic (exact) mass is 270 g/mol. The minimum atomic E-state index is 0.599. The summed E-state index contributed by atoms with van der Waals surface area (Å²) in [6.45, 7) is 1.70. The Kier molecular flexibility index (Phi) is 4.11. The van der Waals surface area contributed by atoms with Gasteiger partial charge in [0.05, 0.1) is 6.20 Å². The second-order valence-electron chi connectivity index (χ2n) is 5.53. The molecule has 1 saturated carbocycles. The smallest absolute Gasteiger partial charge is 0.159 e. The molecule has 106 valence electrons. The lowest BCUT2D eigenvalue weighted by atomic mass is 10.1. The summed E-state index contributed by atoms with van der Waals surface area (Å²) in [6, 6.07) is 8.96. The van der Waals surface area contributed by atoms with E-state index in [-0.39, 0.29) is 0 Å². The van der Waals surface area contributed by atoms with Gasteiger partial charge in [-0.05, 0) is 25.8 Å². The lowest BCUT2D eigenvalue weighted by molar-refractivity contribution is 0.586. The van der Waals surface area contributed by atoms with Gasteiger partial charge in [0, 0.05) is 23.4 Å². The van der Waals surface area contributed by atoms with Gasteiger partial charge in [-0.3, -0.25) is 0 Å². The Labute approximate surface area is 120 Å². The molecule has 0 spiro atoms. The topological polar surface area (TPSA) is 55.0 Å². The van der Waals surface area contributed by atoms with Crippen molar-refractivity contribution in [2.45, 2.75) is 38.1 Å².